The smallest absolute Gasteiger partial charge is 0.334 e. The number of carbonyl (C=O) groups excluding carboxylic acids is 3. The second-order valence-electron chi connectivity index (χ2n) is 7.35. The number of hydrogen-bond donors (Lipinski definition) is 0. The Morgan fingerprint density at radius 1 is 1.42 bits per heavy atom. The third kappa shape index (κ3) is 2.18. The number of esters is 2. The first-order valence-electron chi connectivity index (χ1n) is 8.16. The van der Waals surface area contributed by atoms with Crippen LogP contribution in [-0.2, 0) is 23.9 Å². The molecule has 0 unspecified atom stereocenters. The topological polar surface area (TPSA) is 69.7 Å². The number of allylic oxidation sites excluding steroid dienone is 2. The zero-order chi connectivity index (χ0) is 17.8. The van der Waals surface area contributed by atoms with Gasteiger partial charge in [0, 0.05) is 11.1 Å². The second-order valence-corrected chi connectivity index (χ2v) is 7.35. The van der Waals surface area contributed by atoms with Crippen LogP contribution in [0.1, 0.15) is 27.2 Å². The highest BCUT2D eigenvalue weighted by Gasteiger charge is 2.62. The summed E-state index contributed by atoms with van der Waals surface area (Å²) < 4.78 is 11.2. The molecule has 6 atom stereocenters. The first-order valence-corrected chi connectivity index (χ1v) is 8.16. The van der Waals surface area contributed by atoms with Gasteiger partial charge in [0.2, 0.25) is 0 Å². The Hall–Kier alpha value is -2.17. The number of hydrogen-bond acceptors (Lipinski definition) is 5. The summed E-state index contributed by atoms with van der Waals surface area (Å²) in [5, 5.41) is 0. The van der Waals surface area contributed by atoms with E-state index in [1.807, 2.05) is 19.9 Å². The number of rotatable bonds is 2. The fraction of sp³-hybridized carbons (Fsp3) is 0.526. The fourth-order valence-corrected chi connectivity index (χ4v) is 4.36. The van der Waals surface area contributed by atoms with Gasteiger partial charge in [-0.25, -0.2) is 9.59 Å². The van der Waals surface area contributed by atoms with Gasteiger partial charge in [-0.15, -0.1) is 0 Å². The van der Waals surface area contributed by atoms with Crippen molar-refractivity contribution >= 4 is 17.7 Å². The summed E-state index contributed by atoms with van der Waals surface area (Å²) in [6.45, 7) is 12.8. The average Bonchev–Trinajstić information content (AvgIpc) is 2.92. The van der Waals surface area contributed by atoms with Crippen molar-refractivity contribution in [3.8, 4) is 0 Å². The molecule has 2 fully saturated rings. The van der Waals surface area contributed by atoms with Crippen LogP contribution < -0.4 is 0 Å². The number of ketones is 1. The van der Waals surface area contributed by atoms with Crippen molar-refractivity contribution in [2.45, 2.75) is 39.4 Å². The number of ether oxygens (including phenoxy) is 2. The maximum absolute atomic E-state index is 12.7. The molecule has 1 heterocycles. The molecule has 1 saturated heterocycles. The van der Waals surface area contributed by atoms with Crippen LogP contribution in [0.25, 0.3) is 0 Å². The lowest BCUT2D eigenvalue weighted by molar-refractivity contribution is -0.160. The molecule has 0 spiro atoms. The lowest BCUT2D eigenvalue weighted by Crippen LogP contribution is -2.49. The molecule has 0 radical (unpaired) electrons. The van der Waals surface area contributed by atoms with E-state index in [0.29, 0.717) is 6.42 Å². The van der Waals surface area contributed by atoms with Gasteiger partial charge in [-0.3, -0.25) is 4.79 Å². The molecule has 128 valence electrons. The molecule has 24 heavy (non-hydrogen) atoms. The van der Waals surface area contributed by atoms with Crippen molar-refractivity contribution < 1.29 is 23.9 Å². The fourth-order valence-electron chi connectivity index (χ4n) is 4.36. The molecule has 1 saturated carbocycles. The van der Waals surface area contributed by atoms with E-state index in [1.54, 1.807) is 13.0 Å². The molecule has 3 rings (SSSR count). The van der Waals surface area contributed by atoms with Gasteiger partial charge in [0.05, 0.1) is 11.3 Å². The summed E-state index contributed by atoms with van der Waals surface area (Å²) in [5.74, 6) is -1.62. The molecule has 0 aromatic rings. The first kappa shape index (κ1) is 16.7. The summed E-state index contributed by atoms with van der Waals surface area (Å²) in [6.07, 6.45) is 2.83. The quantitative estimate of drug-likeness (QED) is 0.574. The van der Waals surface area contributed by atoms with Crippen LogP contribution in [0.5, 0.6) is 0 Å². The van der Waals surface area contributed by atoms with Crippen LogP contribution in [0.2, 0.25) is 0 Å². The third-order valence-electron chi connectivity index (χ3n) is 5.72. The monoisotopic (exact) mass is 330 g/mol. The summed E-state index contributed by atoms with van der Waals surface area (Å²) in [4.78, 5) is 36.9. The van der Waals surface area contributed by atoms with Gasteiger partial charge in [0.1, 0.15) is 12.2 Å². The van der Waals surface area contributed by atoms with Gasteiger partial charge in [-0.05, 0) is 38.2 Å². The van der Waals surface area contributed by atoms with E-state index < -0.39 is 35.5 Å². The van der Waals surface area contributed by atoms with E-state index in [-0.39, 0.29) is 28.8 Å². The summed E-state index contributed by atoms with van der Waals surface area (Å²) >= 11 is 0. The Morgan fingerprint density at radius 3 is 2.71 bits per heavy atom. The molecule has 2 aliphatic carbocycles. The van der Waals surface area contributed by atoms with E-state index in [0.717, 1.165) is 0 Å². The zero-order valence-corrected chi connectivity index (χ0v) is 14.2. The normalized spacial score (nSPS) is 40.6. The Kier molecular flexibility index (Phi) is 3.78. The first-order chi connectivity index (χ1) is 11.2. The van der Waals surface area contributed by atoms with Crippen molar-refractivity contribution in [1.29, 1.82) is 0 Å². The molecule has 0 aromatic heterocycles. The zero-order valence-electron chi connectivity index (χ0n) is 14.2. The van der Waals surface area contributed by atoms with Crippen LogP contribution in [0, 0.1) is 23.2 Å². The average molecular weight is 330 g/mol. The van der Waals surface area contributed by atoms with Gasteiger partial charge in [-0.1, -0.05) is 26.2 Å². The van der Waals surface area contributed by atoms with Crippen LogP contribution in [0.15, 0.2) is 36.5 Å². The van der Waals surface area contributed by atoms with Crippen molar-refractivity contribution in [1.82, 2.24) is 0 Å². The number of fused-ring (bicyclic) bond motifs is 2. The van der Waals surface area contributed by atoms with E-state index in [9.17, 15) is 14.4 Å². The van der Waals surface area contributed by atoms with Gasteiger partial charge < -0.3 is 9.47 Å². The highest BCUT2D eigenvalue weighted by Crippen LogP contribution is 2.54. The van der Waals surface area contributed by atoms with E-state index in [1.165, 1.54) is 0 Å². The van der Waals surface area contributed by atoms with Crippen LogP contribution in [0.3, 0.4) is 0 Å². The molecule has 3 aliphatic rings. The highest BCUT2D eigenvalue weighted by molar-refractivity contribution is 5.99. The van der Waals surface area contributed by atoms with Crippen molar-refractivity contribution in [2.24, 2.45) is 23.2 Å². The second kappa shape index (κ2) is 5.43. The van der Waals surface area contributed by atoms with E-state index in [4.69, 9.17) is 9.47 Å². The predicted molar refractivity (Wildman–Crippen MR) is 86.7 cm³/mol. The maximum atomic E-state index is 12.7. The Balaban J connectivity index is 2.10. The van der Waals surface area contributed by atoms with Crippen molar-refractivity contribution in [3.63, 3.8) is 0 Å². The molecule has 5 heteroatoms. The predicted octanol–water partition coefficient (Wildman–Crippen LogP) is 2.37. The lowest BCUT2D eigenvalue weighted by Gasteiger charge is -2.39. The third-order valence-corrected chi connectivity index (χ3v) is 5.72. The molecule has 0 bridgehead atoms. The van der Waals surface area contributed by atoms with Crippen LogP contribution in [0.4, 0.5) is 0 Å². The van der Waals surface area contributed by atoms with Gasteiger partial charge in [0.25, 0.3) is 0 Å². The van der Waals surface area contributed by atoms with Gasteiger partial charge >= 0.3 is 11.9 Å². The molecular formula is C19H22O5. The largest absolute Gasteiger partial charge is 0.458 e. The van der Waals surface area contributed by atoms with Crippen molar-refractivity contribution in [2.75, 3.05) is 0 Å². The summed E-state index contributed by atoms with van der Waals surface area (Å²) in [7, 11) is 0. The van der Waals surface area contributed by atoms with E-state index in [2.05, 4.69) is 13.2 Å². The molecule has 0 N–H and O–H groups in total. The Bertz CT molecular complexity index is 688. The highest BCUT2D eigenvalue weighted by atomic mass is 16.6. The molecular weight excluding hydrogens is 308 g/mol. The minimum absolute atomic E-state index is 0.0787. The van der Waals surface area contributed by atoms with Gasteiger partial charge in [-0.2, -0.15) is 0 Å². The molecule has 0 aromatic carbocycles. The standard InChI is InChI=1S/C19H22O5/c1-9(2)17(21)24-16-15-11(4)18(22)23-13(15)8-10(3)12-6-7-14(20)19(12,16)5/h6-7,10,12-13,15-16H,1,4,8H2,2-3,5H3/t10-,12+,13-,15-,16-,19+/m1/s1. The molecule has 1 aliphatic heterocycles. The number of carbonyl (C=O) groups is 3. The van der Waals surface area contributed by atoms with E-state index >= 15 is 0 Å². The van der Waals surface area contributed by atoms with Crippen LogP contribution >= 0.6 is 0 Å². The maximum Gasteiger partial charge on any atom is 0.334 e. The Labute approximate surface area is 141 Å². The van der Waals surface area contributed by atoms with Gasteiger partial charge in [0.15, 0.2) is 5.78 Å². The summed E-state index contributed by atoms with van der Waals surface area (Å²) in [6, 6.07) is 0. The minimum Gasteiger partial charge on any atom is -0.458 e. The lowest BCUT2D eigenvalue weighted by atomic mass is 9.67. The van der Waals surface area contributed by atoms with Crippen molar-refractivity contribution in [3.05, 3.63) is 36.5 Å². The molecule has 0 amide bonds. The minimum atomic E-state index is -0.930. The van der Waals surface area contributed by atoms with Crippen LogP contribution in [-0.4, -0.2) is 29.9 Å². The molecule has 5 nitrogen and oxygen atoms in total. The Morgan fingerprint density at radius 2 is 2.08 bits per heavy atom. The SMILES string of the molecule is C=C(C)C(=O)O[C@@H]1[C@@H]2C(=C)C(=O)O[C@@H]2C[C@@H](C)[C@@H]2C=CC(=O)[C@@]12C. The summed E-state index contributed by atoms with van der Waals surface area (Å²) in [5.41, 5.74) is -0.410.